The highest BCUT2D eigenvalue weighted by molar-refractivity contribution is 5.38. The first-order valence-electron chi connectivity index (χ1n) is 7.53. The highest BCUT2D eigenvalue weighted by Gasteiger charge is 2.20. The molecule has 3 nitrogen and oxygen atoms in total. The molecule has 0 saturated carbocycles. The van der Waals surface area contributed by atoms with Gasteiger partial charge in [0.15, 0.2) is 0 Å². The average Bonchev–Trinajstić information content (AvgIpc) is 2.45. The van der Waals surface area contributed by atoms with E-state index in [-0.39, 0.29) is 12.4 Å². The van der Waals surface area contributed by atoms with Gasteiger partial charge >= 0.3 is 0 Å². The Morgan fingerprint density at radius 3 is 3.05 bits per heavy atom. The van der Waals surface area contributed by atoms with E-state index < -0.39 is 0 Å². The number of hydrogen-bond acceptors (Lipinski definition) is 3. The van der Waals surface area contributed by atoms with Gasteiger partial charge in [0.1, 0.15) is 5.82 Å². The molecule has 4 heteroatoms. The summed E-state index contributed by atoms with van der Waals surface area (Å²) in [5, 5.41) is 0. The Bertz CT molecular complexity index is 519. The third kappa shape index (κ3) is 5.13. The molecular weight excluding hydrogens is 267 g/mol. The quantitative estimate of drug-likeness (QED) is 0.864. The standard InChI is InChI=1S/C17H23FN2O/c1-2-21-17-6-4-8-20(13-17)12-15-9-14(5-3-7-19)10-16(18)11-15/h9-11,17H,2,4,6-8,12-13,19H2,1H3. The van der Waals surface area contributed by atoms with Crippen molar-refractivity contribution in [3.05, 3.63) is 35.1 Å². The molecule has 1 unspecified atom stereocenters. The van der Waals surface area contributed by atoms with Gasteiger partial charge in [-0.05, 0) is 50.1 Å². The van der Waals surface area contributed by atoms with E-state index in [9.17, 15) is 4.39 Å². The molecule has 1 atom stereocenters. The van der Waals surface area contributed by atoms with Crippen molar-refractivity contribution in [3.63, 3.8) is 0 Å². The van der Waals surface area contributed by atoms with Crippen LogP contribution in [0.25, 0.3) is 0 Å². The summed E-state index contributed by atoms with van der Waals surface area (Å²) in [6, 6.07) is 4.97. The maximum Gasteiger partial charge on any atom is 0.124 e. The lowest BCUT2D eigenvalue weighted by Crippen LogP contribution is -2.39. The zero-order valence-corrected chi connectivity index (χ0v) is 12.6. The van der Waals surface area contributed by atoms with Gasteiger partial charge in [-0.25, -0.2) is 4.39 Å². The number of rotatable bonds is 4. The Kier molecular flexibility index (Phi) is 6.19. The van der Waals surface area contributed by atoms with Gasteiger partial charge in [-0.3, -0.25) is 4.90 Å². The van der Waals surface area contributed by atoms with Crippen LogP contribution >= 0.6 is 0 Å². The SMILES string of the molecule is CCOC1CCCN(Cc2cc(F)cc(C#CCN)c2)C1. The van der Waals surface area contributed by atoms with Crippen molar-refractivity contribution in [1.29, 1.82) is 0 Å². The fraction of sp³-hybridized carbons (Fsp3) is 0.529. The molecule has 21 heavy (non-hydrogen) atoms. The second-order valence-electron chi connectivity index (χ2n) is 5.31. The summed E-state index contributed by atoms with van der Waals surface area (Å²) in [4.78, 5) is 2.32. The molecule has 1 aromatic rings. The lowest BCUT2D eigenvalue weighted by atomic mass is 10.1. The number of nitrogens with two attached hydrogens (primary N) is 1. The largest absolute Gasteiger partial charge is 0.377 e. The Hall–Kier alpha value is -1.41. The van der Waals surface area contributed by atoms with Crippen molar-refractivity contribution in [3.8, 4) is 11.8 Å². The van der Waals surface area contributed by atoms with Crippen molar-refractivity contribution in [2.75, 3.05) is 26.2 Å². The van der Waals surface area contributed by atoms with Crippen LogP contribution in [0, 0.1) is 17.7 Å². The molecule has 1 saturated heterocycles. The fourth-order valence-electron chi connectivity index (χ4n) is 2.75. The summed E-state index contributed by atoms with van der Waals surface area (Å²) in [6.07, 6.45) is 2.54. The predicted molar refractivity (Wildman–Crippen MR) is 82.3 cm³/mol. The first kappa shape index (κ1) is 16.0. The van der Waals surface area contributed by atoms with E-state index in [0.717, 1.165) is 44.6 Å². The van der Waals surface area contributed by atoms with Crippen LogP contribution < -0.4 is 5.73 Å². The van der Waals surface area contributed by atoms with Crippen LogP contribution in [0.5, 0.6) is 0 Å². The maximum atomic E-state index is 13.7. The van der Waals surface area contributed by atoms with E-state index in [1.165, 1.54) is 6.07 Å². The maximum absolute atomic E-state index is 13.7. The fourth-order valence-corrected chi connectivity index (χ4v) is 2.75. The third-order valence-corrected chi connectivity index (χ3v) is 3.56. The first-order chi connectivity index (χ1) is 10.2. The normalized spacial score (nSPS) is 19.1. The van der Waals surface area contributed by atoms with Crippen LogP contribution in [-0.4, -0.2) is 37.2 Å². The van der Waals surface area contributed by atoms with Crippen LogP contribution in [0.3, 0.4) is 0 Å². The highest BCUT2D eigenvalue weighted by Crippen LogP contribution is 2.17. The summed E-state index contributed by atoms with van der Waals surface area (Å²) in [7, 11) is 0. The summed E-state index contributed by atoms with van der Waals surface area (Å²) in [5.74, 6) is 5.41. The number of hydrogen-bond donors (Lipinski definition) is 1. The van der Waals surface area contributed by atoms with Crippen LogP contribution in [-0.2, 0) is 11.3 Å². The van der Waals surface area contributed by atoms with Gasteiger partial charge in [-0.15, -0.1) is 0 Å². The number of halogens is 1. The van der Waals surface area contributed by atoms with Crippen LogP contribution in [0.1, 0.15) is 30.9 Å². The van der Waals surface area contributed by atoms with Crippen molar-refractivity contribution in [1.82, 2.24) is 4.90 Å². The molecule has 1 aliphatic heterocycles. The Labute approximate surface area is 126 Å². The van der Waals surface area contributed by atoms with E-state index >= 15 is 0 Å². The molecule has 0 bridgehead atoms. The lowest BCUT2D eigenvalue weighted by molar-refractivity contribution is 0.00361. The summed E-state index contributed by atoms with van der Waals surface area (Å²) >= 11 is 0. The molecule has 0 radical (unpaired) electrons. The Morgan fingerprint density at radius 2 is 2.29 bits per heavy atom. The molecule has 0 aromatic heterocycles. The number of likely N-dealkylation sites (tertiary alicyclic amines) is 1. The average molecular weight is 290 g/mol. The van der Waals surface area contributed by atoms with Crippen LogP contribution in [0.2, 0.25) is 0 Å². The predicted octanol–water partition coefficient (Wildman–Crippen LogP) is 2.14. The summed E-state index contributed by atoms with van der Waals surface area (Å²) in [5.41, 5.74) is 7.00. The zero-order valence-electron chi connectivity index (χ0n) is 12.6. The molecule has 2 N–H and O–H groups in total. The van der Waals surface area contributed by atoms with Gasteiger partial charge < -0.3 is 10.5 Å². The molecule has 1 fully saturated rings. The van der Waals surface area contributed by atoms with Gasteiger partial charge in [-0.1, -0.05) is 11.8 Å². The van der Waals surface area contributed by atoms with Crippen molar-refractivity contribution >= 4 is 0 Å². The second-order valence-corrected chi connectivity index (χ2v) is 5.31. The molecule has 114 valence electrons. The molecule has 0 spiro atoms. The van der Waals surface area contributed by atoms with Crippen molar-refractivity contribution in [2.24, 2.45) is 5.73 Å². The minimum absolute atomic E-state index is 0.243. The van der Waals surface area contributed by atoms with E-state index in [2.05, 4.69) is 16.7 Å². The van der Waals surface area contributed by atoms with Crippen LogP contribution in [0.15, 0.2) is 18.2 Å². The smallest absolute Gasteiger partial charge is 0.124 e. The Balaban J connectivity index is 2.03. The van der Waals surface area contributed by atoms with Gasteiger partial charge in [0.2, 0.25) is 0 Å². The Morgan fingerprint density at radius 1 is 1.43 bits per heavy atom. The summed E-state index contributed by atoms with van der Waals surface area (Å²) < 4.78 is 19.4. The van der Waals surface area contributed by atoms with Gasteiger partial charge in [0.25, 0.3) is 0 Å². The molecule has 0 aliphatic carbocycles. The first-order valence-corrected chi connectivity index (χ1v) is 7.53. The lowest BCUT2D eigenvalue weighted by Gasteiger charge is -2.32. The second kappa shape index (κ2) is 8.14. The number of nitrogens with zero attached hydrogens (tertiary/aromatic N) is 1. The highest BCUT2D eigenvalue weighted by atomic mass is 19.1. The molecular formula is C17H23FN2O. The van der Waals surface area contributed by atoms with E-state index in [1.54, 1.807) is 6.07 Å². The van der Waals surface area contributed by atoms with Gasteiger partial charge in [0.05, 0.1) is 12.6 Å². The molecule has 1 aromatic carbocycles. The van der Waals surface area contributed by atoms with E-state index in [4.69, 9.17) is 10.5 Å². The zero-order chi connectivity index (χ0) is 15.1. The minimum Gasteiger partial charge on any atom is -0.377 e. The van der Waals surface area contributed by atoms with E-state index in [0.29, 0.717) is 11.7 Å². The monoisotopic (exact) mass is 290 g/mol. The van der Waals surface area contributed by atoms with Crippen LogP contribution in [0.4, 0.5) is 4.39 Å². The van der Waals surface area contributed by atoms with Crippen molar-refractivity contribution in [2.45, 2.75) is 32.4 Å². The van der Waals surface area contributed by atoms with Gasteiger partial charge in [0, 0.05) is 25.3 Å². The van der Waals surface area contributed by atoms with Gasteiger partial charge in [-0.2, -0.15) is 0 Å². The third-order valence-electron chi connectivity index (χ3n) is 3.56. The number of benzene rings is 1. The summed E-state index contributed by atoms with van der Waals surface area (Å²) in [6.45, 7) is 5.73. The number of piperidine rings is 1. The topological polar surface area (TPSA) is 38.5 Å². The molecule has 1 aliphatic rings. The molecule has 2 rings (SSSR count). The molecule has 1 heterocycles. The van der Waals surface area contributed by atoms with E-state index in [1.807, 2.05) is 13.0 Å². The molecule has 0 amide bonds. The minimum atomic E-state index is -0.243. The van der Waals surface area contributed by atoms with Crippen molar-refractivity contribution < 1.29 is 9.13 Å². The number of ether oxygens (including phenoxy) is 1.